The van der Waals surface area contributed by atoms with Crippen LogP contribution in [0.4, 0.5) is 10.5 Å². The number of benzene rings is 1. The maximum absolute atomic E-state index is 11.7. The summed E-state index contributed by atoms with van der Waals surface area (Å²) < 4.78 is 5.45. The van der Waals surface area contributed by atoms with Crippen molar-refractivity contribution >= 4 is 33.6 Å². The van der Waals surface area contributed by atoms with Gasteiger partial charge < -0.3 is 15.4 Å². The fourth-order valence-electron chi connectivity index (χ4n) is 1.32. The van der Waals surface area contributed by atoms with E-state index in [2.05, 4.69) is 31.3 Å². The van der Waals surface area contributed by atoms with Gasteiger partial charge >= 0.3 is 12.0 Å². The molecular formula is C12H15BrN2O3. The molecule has 0 aliphatic heterocycles. The Hall–Kier alpha value is -1.56. The third kappa shape index (κ3) is 4.03. The second-order valence-electron chi connectivity index (χ2n) is 4.21. The van der Waals surface area contributed by atoms with Crippen LogP contribution in [0.2, 0.25) is 0 Å². The lowest BCUT2D eigenvalue weighted by Crippen LogP contribution is -2.51. The average Bonchev–Trinajstić information content (AvgIpc) is 2.26. The monoisotopic (exact) mass is 314 g/mol. The van der Waals surface area contributed by atoms with Gasteiger partial charge in [0.25, 0.3) is 0 Å². The summed E-state index contributed by atoms with van der Waals surface area (Å²) >= 11 is 3.30. The van der Waals surface area contributed by atoms with Gasteiger partial charge in [0, 0.05) is 10.2 Å². The molecule has 0 aromatic heterocycles. The predicted octanol–water partition coefficient (Wildman–Crippen LogP) is 2.52. The lowest BCUT2D eigenvalue weighted by Gasteiger charge is -2.23. The number of halogens is 1. The molecule has 0 bridgehead atoms. The highest BCUT2D eigenvalue weighted by atomic mass is 79.9. The van der Waals surface area contributed by atoms with E-state index >= 15 is 0 Å². The van der Waals surface area contributed by atoms with Crippen molar-refractivity contribution in [1.82, 2.24) is 5.32 Å². The van der Waals surface area contributed by atoms with Crippen molar-refractivity contribution in [3.8, 4) is 0 Å². The van der Waals surface area contributed by atoms with Crippen molar-refractivity contribution < 1.29 is 14.3 Å². The Labute approximate surface area is 114 Å². The van der Waals surface area contributed by atoms with E-state index in [4.69, 9.17) is 0 Å². The van der Waals surface area contributed by atoms with Crippen LogP contribution in [0.25, 0.3) is 0 Å². The molecular weight excluding hydrogens is 300 g/mol. The summed E-state index contributed by atoms with van der Waals surface area (Å²) in [5.41, 5.74) is -0.451. The van der Waals surface area contributed by atoms with E-state index in [-0.39, 0.29) is 0 Å². The van der Waals surface area contributed by atoms with E-state index < -0.39 is 17.5 Å². The van der Waals surface area contributed by atoms with Gasteiger partial charge in [-0.05, 0) is 32.0 Å². The van der Waals surface area contributed by atoms with Crippen LogP contribution in [0.15, 0.2) is 28.7 Å². The number of amides is 2. The largest absolute Gasteiger partial charge is 0.467 e. The van der Waals surface area contributed by atoms with Crippen LogP contribution in [0.5, 0.6) is 0 Å². The van der Waals surface area contributed by atoms with Gasteiger partial charge in [-0.1, -0.05) is 22.0 Å². The van der Waals surface area contributed by atoms with Crippen LogP contribution in [0.3, 0.4) is 0 Å². The Kier molecular flexibility index (Phi) is 4.72. The van der Waals surface area contributed by atoms with Crippen molar-refractivity contribution in [3.63, 3.8) is 0 Å². The van der Waals surface area contributed by atoms with E-state index in [1.807, 2.05) is 6.07 Å². The fourth-order valence-corrected chi connectivity index (χ4v) is 1.72. The van der Waals surface area contributed by atoms with Crippen LogP contribution in [0.1, 0.15) is 13.8 Å². The second-order valence-corrected chi connectivity index (χ2v) is 5.12. The van der Waals surface area contributed by atoms with E-state index in [1.54, 1.807) is 32.0 Å². The minimum Gasteiger partial charge on any atom is -0.467 e. The summed E-state index contributed by atoms with van der Waals surface area (Å²) in [6.45, 7) is 3.14. The molecule has 2 amide bonds. The molecule has 1 aromatic carbocycles. The maximum atomic E-state index is 11.7. The minimum atomic E-state index is -1.08. The van der Waals surface area contributed by atoms with Gasteiger partial charge in [-0.2, -0.15) is 0 Å². The molecule has 6 heteroatoms. The Morgan fingerprint density at radius 3 is 2.56 bits per heavy atom. The molecule has 0 aliphatic rings. The number of hydrogen-bond donors (Lipinski definition) is 2. The molecule has 0 fully saturated rings. The molecule has 0 heterocycles. The zero-order valence-corrected chi connectivity index (χ0v) is 12.0. The van der Waals surface area contributed by atoms with Crippen LogP contribution < -0.4 is 10.6 Å². The molecule has 1 rings (SSSR count). The molecule has 0 atom stereocenters. The first-order chi connectivity index (χ1) is 8.35. The zero-order valence-electron chi connectivity index (χ0n) is 10.4. The normalized spacial score (nSPS) is 10.7. The number of carbonyl (C=O) groups excluding carboxylic acids is 2. The first-order valence-corrected chi connectivity index (χ1v) is 6.07. The summed E-state index contributed by atoms with van der Waals surface area (Å²) in [6, 6.07) is 6.68. The van der Waals surface area contributed by atoms with Crippen molar-refractivity contribution in [1.29, 1.82) is 0 Å². The van der Waals surface area contributed by atoms with Gasteiger partial charge in [-0.15, -0.1) is 0 Å². The van der Waals surface area contributed by atoms with Gasteiger partial charge in [0.05, 0.1) is 7.11 Å². The molecule has 0 saturated heterocycles. The van der Waals surface area contributed by atoms with E-state index in [1.165, 1.54) is 7.11 Å². The molecule has 0 radical (unpaired) electrons. The van der Waals surface area contributed by atoms with Gasteiger partial charge in [-0.3, -0.25) is 0 Å². The lowest BCUT2D eigenvalue weighted by molar-refractivity contribution is -0.146. The summed E-state index contributed by atoms with van der Waals surface area (Å²) in [7, 11) is 1.28. The number of esters is 1. The standard InChI is InChI=1S/C12H15BrN2O3/c1-12(2,10(16)18-3)15-11(17)14-9-6-4-5-8(13)7-9/h4-7H,1-3H3,(H2,14,15,17). The second kappa shape index (κ2) is 5.86. The van der Waals surface area contributed by atoms with E-state index in [0.29, 0.717) is 5.69 Å². The number of methoxy groups -OCH3 is 1. The number of anilines is 1. The lowest BCUT2D eigenvalue weighted by atomic mass is 10.1. The maximum Gasteiger partial charge on any atom is 0.331 e. The number of rotatable bonds is 3. The summed E-state index contributed by atoms with van der Waals surface area (Å²) in [6.07, 6.45) is 0. The van der Waals surface area contributed by atoms with Gasteiger partial charge in [0.1, 0.15) is 5.54 Å². The Bertz CT molecular complexity index is 460. The number of hydrogen-bond acceptors (Lipinski definition) is 3. The molecule has 1 aromatic rings. The highest BCUT2D eigenvalue weighted by molar-refractivity contribution is 9.10. The van der Waals surface area contributed by atoms with Gasteiger partial charge in [0.15, 0.2) is 0 Å². The number of nitrogens with one attached hydrogen (secondary N) is 2. The first-order valence-electron chi connectivity index (χ1n) is 5.28. The molecule has 0 aliphatic carbocycles. The topological polar surface area (TPSA) is 67.4 Å². The smallest absolute Gasteiger partial charge is 0.331 e. The minimum absolute atomic E-state index is 0.469. The van der Waals surface area contributed by atoms with Gasteiger partial charge in [0.2, 0.25) is 0 Å². The van der Waals surface area contributed by atoms with Crippen LogP contribution in [-0.2, 0) is 9.53 Å². The highest BCUT2D eigenvalue weighted by Gasteiger charge is 2.30. The van der Waals surface area contributed by atoms with E-state index in [9.17, 15) is 9.59 Å². The molecule has 0 spiro atoms. The summed E-state index contributed by atoms with van der Waals surface area (Å²) in [5, 5.41) is 5.17. The number of carbonyl (C=O) groups is 2. The Morgan fingerprint density at radius 1 is 1.33 bits per heavy atom. The number of urea groups is 1. The Balaban J connectivity index is 2.65. The van der Waals surface area contributed by atoms with Crippen molar-refractivity contribution in [2.45, 2.75) is 19.4 Å². The molecule has 18 heavy (non-hydrogen) atoms. The zero-order chi connectivity index (χ0) is 13.8. The quantitative estimate of drug-likeness (QED) is 0.842. The van der Waals surface area contributed by atoms with Gasteiger partial charge in [-0.25, -0.2) is 9.59 Å². The third-order valence-electron chi connectivity index (χ3n) is 2.20. The summed E-state index contributed by atoms with van der Waals surface area (Å²) in [4.78, 5) is 23.1. The molecule has 5 nitrogen and oxygen atoms in total. The fraction of sp³-hybridized carbons (Fsp3) is 0.333. The predicted molar refractivity (Wildman–Crippen MR) is 72.4 cm³/mol. The summed E-state index contributed by atoms with van der Waals surface area (Å²) in [5.74, 6) is -0.508. The highest BCUT2D eigenvalue weighted by Crippen LogP contribution is 2.15. The van der Waals surface area contributed by atoms with Crippen LogP contribution >= 0.6 is 15.9 Å². The van der Waals surface area contributed by atoms with Crippen molar-refractivity contribution in [2.24, 2.45) is 0 Å². The van der Waals surface area contributed by atoms with Crippen LogP contribution in [-0.4, -0.2) is 24.6 Å². The van der Waals surface area contributed by atoms with E-state index in [0.717, 1.165) is 4.47 Å². The average molecular weight is 315 g/mol. The van der Waals surface area contributed by atoms with Crippen molar-refractivity contribution in [2.75, 3.05) is 12.4 Å². The molecule has 98 valence electrons. The van der Waals surface area contributed by atoms with Crippen molar-refractivity contribution in [3.05, 3.63) is 28.7 Å². The first kappa shape index (κ1) is 14.5. The Morgan fingerprint density at radius 2 is 2.00 bits per heavy atom. The molecule has 0 saturated carbocycles. The molecule has 2 N–H and O–H groups in total. The molecule has 0 unspecified atom stereocenters. The van der Waals surface area contributed by atoms with Crippen LogP contribution in [0, 0.1) is 0 Å². The number of ether oxygens (including phenoxy) is 1. The third-order valence-corrected chi connectivity index (χ3v) is 2.70. The SMILES string of the molecule is COC(=O)C(C)(C)NC(=O)Nc1cccc(Br)c1.